The van der Waals surface area contributed by atoms with E-state index < -0.39 is 0 Å². The van der Waals surface area contributed by atoms with E-state index in [-0.39, 0.29) is 24.2 Å². The predicted octanol–water partition coefficient (Wildman–Crippen LogP) is 4.49. The number of anilines is 2. The maximum absolute atomic E-state index is 13.0. The third-order valence-electron chi connectivity index (χ3n) is 4.67. The van der Waals surface area contributed by atoms with Crippen molar-refractivity contribution in [3.8, 4) is 0 Å². The van der Waals surface area contributed by atoms with Gasteiger partial charge < -0.3 is 15.1 Å². The lowest BCUT2D eigenvalue weighted by Crippen LogP contribution is -2.36. The Morgan fingerprint density at radius 1 is 1.15 bits per heavy atom. The number of nitrogens with one attached hydrogen (secondary N) is 1. The van der Waals surface area contributed by atoms with Crippen molar-refractivity contribution < 1.29 is 9.59 Å². The molecule has 0 unspecified atom stereocenters. The van der Waals surface area contributed by atoms with Gasteiger partial charge in [-0.1, -0.05) is 20.8 Å². The molecule has 1 aromatic carbocycles. The van der Waals surface area contributed by atoms with Crippen LogP contribution in [0.1, 0.15) is 52.0 Å². The lowest BCUT2D eigenvalue weighted by atomic mass is 10.0. The second-order valence-electron chi connectivity index (χ2n) is 7.00. The standard InChI is InChI=1S/C21H34ClN3O2/c1-6-13-25(21(27)16(7-2)8-3)15-17-14-18(23-20(26)11-12-22)9-10-19(17)24(4)5/h9-10,14,16H,6-8,11-13,15H2,1-5H3,(H,23,26). The van der Waals surface area contributed by atoms with Crippen LogP contribution in [0.15, 0.2) is 18.2 Å². The van der Waals surface area contributed by atoms with Gasteiger partial charge in [-0.3, -0.25) is 9.59 Å². The van der Waals surface area contributed by atoms with Crippen molar-refractivity contribution in [3.05, 3.63) is 23.8 Å². The Morgan fingerprint density at radius 2 is 1.81 bits per heavy atom. The summed E-state index contributed by atoms with van der Waals surface area (Å²) in [6.07, 6.45) is 2.89. The fourth-order valence-corrected chi connectivity index (χ4v) is 3.35. The van der Waals surface area contributed by atoms with Gasteiger partial charge in [-0.15, -0.1) is 11.6 Å². The van der Waals surface area contributed by atoms with Gasteiger partial charge in [-0.2, -0.15) is 0 Å². The van der Waals surface area contributed by atoms with E-state index in [1.54, 1.807) is 0 Å². The van der Waals surface area contributed by atoms with E-state index in [0.29, 0.717) is 12.4 Å². The molecule has 0 atom stereocenters. The molecule has 0 aliphatic rings. The van der Waals surface area contributed by atoms with Crippen LogP contribution >= 0.6 is 11.6 Å². The van der Waals surface area contributed by atoms with Gasteiger partial charge in [-0.25, -0.2) is 0 Å². The first-order valence-corrected chi connectivity index (χ1v) is 10.4. The first-order valence-electron chi connectivity index (χ1n) is 9.82. The largest absolute Gasteiger partial charge is 0.377 e. The first-order chi connectivity index (χ1) is 12.9. The van der Waals surface area contributed by atoms with Crippen LogP contribution in [0.4, 0.5) is 11.4 Å². The number of rotatable bonds is 11. The maximum Gasteiger partial charge on any atom is 0.225 e. The average molecular weight is 396 g/mol. The molecule has 27 heavy (non-hydrogen) atoms. The summed E-state index contributed by atoms with van der Waals surface area (Å²) in [5, 5.41) is 2.88. The number of hydrogen-bond donors (Lipinski definition) is 1. The number of halogens is 1. The van der Waals surface area contributed by atoms with Crippen LogP contribution in [0, 0.1) is 5.92 Å². The number of amides is 2. The topological polar surface area (TPSA) is 52.7 Å². The summed E-state index contributed by atoms with van der Waals surface area (Å²) >= 11 is 5.64. The molecule has 1 rings (SSSR count). The van der Waals surface area contributed by atoms with E-state index in [2.05, 4.69) is 26.1 Å². The molecule has 5 nitrogen and oxygen atoms in total. The van der Waals surface area contributed by atoms with Crippen LogP contribution in [0.2, 0.25) is 0 Å². The van der Waals surface area contributed by atoms with E-state index in [1.165, 1.54) is 0 Å². The van der Waals surface area contributed by atoms with E-state index >= 15 is 0 Å². The van der Waals surface area contributed by atoms with Crippen molar-refractivity contribution >= 4 is 34.8 Å². The Morgan fingerprint density at radius 3 is 2.33 bits per heavy atom. The molecule has 0 bridgehead atoms. The van der Waals surface area contributed by atoms with Crippen LogP contribution in [-0.4, -0.2) is 43.2 Å². The van der Waals surface area contributed by atoms with E-state index in [9.17, 15) is 9.59 Å². The van der Waals surface area contributed by atoms with Crippen molar-refractivity contribution in [1.82, 2.24) is 4.90 Å². The van der Waals surface area contributed by atoms with Crippen molar-refractivity contribution in [3.63, 3.8) is 0 Å². The van der Waals surface area contributed by atoms with Gasteiger partial charge in [0.25, 0.3) is 0 Å². The zero-order valence-corrected chi connectivity index (χ0v) is 18.1. The summed E-state index contributed by atoms with van der Waals surface area (Å²) in [6, 6.07) is 5.83. The molecule has 0 aliphatic carbocycles. The van der Waals surface area contributed by atoms with Crippen LogP contribution in [-0.2, 0) is 16.1 Å². The molecule has 0 saturated carbocycles. The Kier molecular flexibility index (Phi) is 10.2. The van der Waals surface area contributed by atoms with Crippen molar-refractivity contribution in [2.45, 2.75) is 53.0 Å². The third kappa shape index (κ3) is 7.06. The van der Waals surface area contributed by atoms with Crippen molar-refractivity contribution in [1.29, 1.82) is 0 Å². The molecule has 1 aromatic rings. The summed E-state index contributed by atoms with van der Waals surface area (Å²) in [7, 11) is 3.97. The second kappa shape index (κ2) is 11.9. The third-order valence-corrected chi connectivity index (χ3v) is 4.86. The highest BCUT2D eigenvalue weighted by Crippen LogP contribution is 2.26. The zero-order valence-electron chi connectivity index (χ0n) is 17.3. The Hall–Kier alpha value is -1.75. The molecule has 0 saturated heterocycles. The molecule has 0 aromatic heterocycles. The number of benzene rings is 1. The summed E-state index contributed by atoms with van der Waals surface area (Å²) in [6.45, 7) is 7.48. The van der Waals surface area contributed by atoms with Crippen LogP contribution in [0.5, 0.6) is 0 Å². The number of nitrogens with zero attached hydrogens (tertiary/aromatic N) is 2. The quantitative estimate of drug-likeness (QED) is 0.561. The molecule has 0 heterocycles. The van der Waals surface area contributed by atoms with Gasteiger partial charge in [0, 0.05) is 56.8 Å². The minimum atomic E-state index is -0.105. The number of hydrogen-bond acceptors (Lipinski definition) is 3. The molecule has 152 valence electrons. The number of alkyl halides is 1. The highest BCUT2D eigenvalue weighted by atomic mass is 35.5. The Labute approximate surface area is 169 Å². The van der Waals surface area contributed by atoms with Gasteiger partial charge >= 0.3 is 0 Å². The molecule has 2 amide bonds. The SMILES string of the molecule is CCCN(Cc1cc(NC(=O)CCCl)ccc1N(C)C)C(=O)C(CC)CC. The monoisotopic (exact) mass is 395 g/mol. The maximum atomic E-state index is 13.0. The smallest absolute Gasteiger partial charge is 0.225 e. The van der Waals surface area contributed by atoms with E-state index in [0.717, 1.165) is 42.7 Å². The molecular weight excluding hydrogens is 362 g/mol. The van der Waals surface area contributed by atoms with E-state index in [1.807, 2.05) is 42.1 Å². The minimum absolute atomic E-state index is 0.0611. The summed E-state index contributed by atoms with van der Waals surface area (Å²) in [5.41, 5.74) is 2.80. The van der Waals surface area contributed by atoms with E-state index in [4.69, 9.17) is 11.6 Å². The van der Waals surface area contributed by atoms with Gasteiger partial charge in [-0.05, 0) is 43.0 Å². The highest BCUT2D eigenvalue weighted by molar-refractivity contribution is 6.19. The predicted molar refractivity (Wildman–Crippen MR) is 115 cm³/mol. The van der Waals surface area contributed by atoms with Gasteiger partial charge in [0.15, 0.2) is 0 Å². The fraction of sp³-hybridized carbons (Fsp3) is 0.619. The first kappa shape index (κ1) is 23.3. The Balaban J connectivity index is 3.14. The molecule has 1 N–H and O–H groups in total. The lowest BCUT2D eigenvalue weighted by molar-refractivity contribution is -0.136. The normalized spacial score (nSPS) is 10.8. The van der Waals surface area contributed by atoms with Crippen LogP contribution < -0.4 is 10.2 Å². The highest BCUT2D eigenvalue weighted by Gasteiger charge is 2.22. The summed E-state index contributed by atoms with van der Waals surface area (Å²) < 4.78 is 0. The van der Waals surface area contributed by atoms with Crippen LogP contribution in [0.25, 0.3) is 0 Å². The van der Waals surface area contributed by atoms with Gasteiger partial charge in [0.2, 0.25) is 11.8 Å². The molecule has 0 spiro atoms. The second-order valence-corrected chi connectivity index (χ2v) is 7.38. The molecule has 0 fully saturated rings. The molecule has 0 aliphatic heterocycles. The average Bonchev–Trinajstić information content (AvgIpc) is 2.62. The number of carbonyl (C=O) groups excluding carboxylic acids is 2. The number of carbonyl (C=O) groups is 2. The van der Waals surface area contributed by atoms with Crippen molar-refractivity contribution in [2.75, 3.05) is 36.7 Å². The Bertz CT molecular complexity index is 615. The van der Waals surface area contributed by atoms with Gasteiger partial charge in [0.1, 0.15) is 0 Å². The van der Waals surface area contributed by atoms with Crippen molar-refractivity contribution in [2.24, 2.45) is 5.92 Å². The zero-order chi connectivity index (χ0) is 20.4. The fourth-order valence-electron chi connectivity index (χ4n) is 3.17. The molecule has 6 heteroatoms. The molecule has 0 radical (unpaired) electrons. The summed E-state index contributed by atoms with van der Waals surface area (Å²) in [4.78, 5) is 28.8. The minimum Gasteiger partial charge on any atom is -0.377 e. The summed E-state index contributed by atoms with van der Waals surface area (Å²) in [5.74, 6) is 0.462. The lowest BCUT2D eigenvalue weighted by Gasteiger charge is -2.28. The van der Waals surface area contributed by atoms with Crippen LogP contribution in [0.3, 0.4) is 0 Å². The molecular formula is C21H34ClN3O2. The van der Waals surface area contributed by atoms with Gasteiger partial charge in [0.05, 0.1) is 0 Å².